The normalized spacial score (nSPS) is 12.6. The Morgan fingerprint density at radius 3 is 3.08 bits per heavy atom. The second-order valence-corrected chi connectivity index (χ2v) is 3.47. The quantitative estimate of drug-likeness (QED) is 0.829. The lowest BCUT2D eigenvalue weighted by Crippen LogP contribution is -2.25. The summed E-state index contributed by atoms with van der Waals surface area (Å²) < 4.78 is 0.963. The number of nitrogens with one attached hydrogen (secondary N) is 1. The number of halogens is 1. The Bertz CT molecular complexity index is 252. The van der Waals surface area contributed by atoms with Gasteiger partial charge in [0.25, 0.3) is 0 Å². The third-order valence-corrected chi connectivity index (χ3v) is 2.14. The van der Waals surface area contributed by atoms with Gasteiger partial charge in [0.1, 0.15) is 5.82 Å². The van der Waals surface area contributed by atoms with Gasteiger partial charge < -0.3 is 11.1 Å². The lowest BCUT2D eigenvalue weighted by Gasteiger charge is -2.12. The number of nitrogens with zero attached hydrogens (tertiary/aromatic N) is 1. The Kier molecular flexibility index (Phi) is 3.49. The van der Waals surface area contributed by atoms with Crippen LogP contribution in [0.5, 0.6) is 0 Å². The summed E-state index contributed by atoms with van der Waals surface area (Å²) >= 11 is 3.39. The number of hydrogen-bond acceptors (Lipinski definition) is 3. The van der Waals surface area contributed by atoms with Crippen molar-refractivity contribution in [2.24, 2.45) is 5.73 Å². The molecule has 4 heteroatoms. The third kappa shape index (κ3) is 2.46. The smallest absolute Gasteiger partial charge is 0.140 e. The fourth-order valence-electron chi connectivity index (χ4n) is 0.784. The highest BCUT2D eigenvalue weighted by molar-refractivity contribution is 9.10. The van der Waals surface area contributed by atoms with Crippen molar-refractivity contribution < 1.29 is 0 Å². The average Bonchev–Trinajstić information content (AvgIpc) is 2.09. The molecule has 0 saturated heterocycles. The van der Waals surface area contributed by atoms with Crippen molar-refractivity contribution in [2.75, 3.05) is 11.9 Å². The molecule has 0 aromatic carbocycles. The van der Waals surface area contributed by atoms with Gasteiger partial charge in [0, 0.05) is 18.8 Å². The molecule has 0 fully saturated rings. The Hall–Kier alpha value is -0.610. The van der Waals surface area contributed by atoms with Gasteiger partial charge in [0.2, 0.25) is 0 Å². The number of hydrogen-bond donors (Lipinski definition) is 2. The molecule has 0 bridgehead atoms. The molecule has 1 atom stereocenters. The van der Waals surface area contributed by atoms with E-state index in [0.717, 1.165) is 10.3 Å². The van der Waals surface area contributed by atoms with E-state index in [1.807, 2.05) is 19.1 Å². The minimum absolute atomic E-state index is 0.246. The molecule has 1 unspecified atom stereocenters. The zero-order valence-corrected chi connectivity index (χ0v) is 8.51. The van der Waals surface area contributed by atoms with E-state index >= 15 is 0 Å². The fraction of sp³-hybridized carbons (Fsp3) is 0.375. The van der Waals surface area contributed by atoms with E-state index in [4.69, 9.17) is 5.73 Å². The first-order valence-corrected chi connectivity index (χ1v) is 4.60. The molecule has 1 aromatic heterocycles. The summed E-state index contributed by atoms with van der Waals surface area (Å²) in [6, 6.07) is 4.07. The minimum atomic E-state index is 0.246. The first-order chi connectivity index (χ1) is 5.74. The van der Waals surface area contributed by atoms with Crippen molar-refractivity contribution in [1.29, 1.82) is 0 Å². The van der Waals surface area contributed by atoms with E-state index in [2.05, 4.69) is 26.2 Å². The van der Waals surface area contributed by atoms with Gasteiger partial charge in [-0.3, -0.25) is 0 Å². The van der Waals surface area contributed by atoms with Crippen molar-refractivity contribution in [1.82, 2.24) is 4.98 Å². The predicted octanol–water partition coefficient (Wildman–Crippen LogP) is 1.60. The molecule has 1 heterocycles. The largest absolute Gasteiger partial charge is 0.365 e. The van der Waals surface area contributed by atoms with E-state index < -0.39 is 0 Å². The van der Waals surface area contributed by atoms with Crippen LogP contribution in [0.1, 0.15) is 6.92 Å². The van der Waals surface area contributed by atoms with Crippen LogP contribution >= 0.6 is 15.9 Å². The lowest BCUT2D eigenvalue weighted by atomic mass is 10.3. The number of aromatic nitrogens is 1. The zero-order chi connectivity index (χ0) is 8.97. The molecule has 66 valence electrons. The standard InChI is InChI=1S/C8H12BrN3/c1-6(5-10)12-8-7(9)3-2-4-11-8/h2-4,6H,5,10H2,1H3,(H,11,12). The summed E-state index contributed by atoms with van der Waals surface area (Å²) in [4.78, 5) is 4.15. The lowest BCUT2D eigenvalue weighted by molar-refractivity contribution is 0.797. The molecule has 3 N–H and O–H groups in total. The molecule has 0 amide bonds. The molecule has 0 aliphatic rings. The molecule has 0 radical (unpaired) electrons. The molecule has 0 saturated carbocycles. The third-order valence-electron chi connectivity index (χ3n) is 1.50. The monoisotopic (exact) mass is 229 g/mol. The van der Waals surface area contributed by atoms with E-state index in [1.165, 1.54) is 0 Å². The minimum Gasteiger partial charge on any atom is -0.365 e. The van der Waals surface area contributed by atoms with Crippen LogP contribution in [0.25, 0.3) is 0 Å². The summed E-state index contributed by atoms with van der Waals surface area (Å²) in [5.41, 5.74) is 5.46. The molecule has 12 heavy (non-hydrogen) atoms. The summed E-state index contributed by atoms with van der Waals surface area (Å²) in [6.45, 7) is 2.62. The van der Waals surface area contributed by atoms with Crippen molar-refractivity contribution >= 4 is 21.7 Å². The maximum absolute atomic E-state index is 5.46. The molecule has 1 aromatic rings. The Morgan fingerprint density at radius 2 is 2.50 bits per heavy atom. The topological polar surface area (TPSA) is 50.9 Å². The molecule has 0 aliphatic carbocycles. The Labute approximate surface area is 80.5 Å². The van der Waals surface area contributed by atoms with Crippen molar-refractivity contribution in [3.05, 3.63) is 22.8 Å². The first-order valence-electron chi connectivity index (χ1n) is 3.81. The van der Waals surface area contributed by atoms with Crippen LogP contribution in [0, 0.1) is 0 Å². The number of anilines is 1. The molecule has 1 rings (SSSR count). The molecule has 3 nitrogen and oxygen atoms in total. The van der Waals surface area contributed by atoms with Crippen LogP contribution in [-0.4, -0.2) is 17.6 Å². The Morgan fingerprint density at radius 1 is 1.75 bits per heavy atom. The van der Waals surface area contributed by atoms with E-state index in [9.17, 15) is 0 Å². The van der Waals surface area contributed by atoms with Gasteiger partial charge in [-0.25, -0.2) is 4.98 Å². The van der Waals surface area contributed by atoms with Crippen LogP contribution in [0.3, 0.4) is 0 Å². The van der Waals surface area contributed by atoms with E-state index in [-0.39, 0.29) is 6.04 Å². The highest BCUT2D eigenvalue weighted by Crippen LogP contribution is 2.18. The van der Waals surface area contributed by atoms with Gasteiger partial charge in [-0.1, -0.05) is 0 Å². The van der Waals surface area contributed by atoms with E-state index in [0.29, 0.717) is 6.54 Å². The van der Waals surface area contributed by atoms with Crippen LogP contribution in [0.2, 0.25) is 0 Å². The first kappa shape index (κ1) is 9.48. The second-order valence-electron chi connectivity index (χ2n) is 2.61. The Balaban J connectivity index is 2.69. The van der Waals surface area contributed by atoms with Crippen LogP contribution < -0.4 is 11.1 Å². The SMILES string of the molecule is CC(CN)Nc1ncccc1Br. The van der Waals surface area contributed by atoms with Gasteiger partial charge in [-0.05, 0) is 35.0 Å². The molecule has 0 spiro atoms. The average molecular weight is 230 g/mol. The molecule has 0 aliphatic heterocycles. The van der Waals surface area contributed by atoms with Gasteiger partial charge >= 0.3 is 0 Å². The highest BCUT2D eigenvalue weighted by atomic mass is 79.9. The van der Waals surface area contributed by atoms with Crippen molar-refractivity contribution in [3.63, 3.8) is 0 Å². The maximum Gasteiger partial charge on any atom is 0.140 e. The van der Waals surface area contributed by atoms with Crippen molar-refractivity contribution in [2.45, 2.75) is 13.0 Å². The van der Waals surface area contributed by atoms with Crippen LogP contribution in [-0.2, 0) is 0 Å². The van der Waals surface area contributed by atoms with Gasteiger partial charge in [0.15, 0.2) is 0 Å². The number of pyridine rings is 1. The number of nitrogens with two attached hydrogens (primary N) is 1. The van der Waals surface area contributed by atoms with Gasteiger partial charge in [-0.2, -0.15) is 0 Å². The van der Waals surface area contributed by atoms with Crippen LogP contribution in [0.15, 0.2) is 22.8 Å². The zero-order valence-electron chi connectivity index (χ0n) is 6.92. The number of rotatable bonds is 3. The van der Waals surface area contributed by atoms with Crippen molar-refractivity contribution in [3.8, 4) is 0 Å². The highest BCUT2D eigenvalue weighted by Gasteiger charge is 2.02. The maximum atomic E-state index is 5.46. The molecular formula is C8H12BrN3. The predicted molar refractivity (Wildman–Crippen MR) is 54.1 cm³/mol. The fourth-order valence-corrected chi connectivity index (χ4v) is 1.15. The summed E-state index contributed by atoms with van der Waals surface area (Å²) in [7, 11) is 0. The molecular weight excluding hydrogens is 218 g/mol. The van der Waals surface area contributed by atoms with Crippen LogP contribution in [0.4, 0.5) is 5.82 Å². The summed E-state index contributed by atoms with van der Waals surface area (Å²) in [5, 5.41) is 3.18. The van der Waals surface area contributed by atoms with Gasteiger partial charge in [0.05, 0.1) is 4.47 Å². The summed E-state index contributed by atoms with van der Waals surface area (Å²) in [5.74, 6) is 0.843. The summed E-state index contributed by atoms with van der Waals surface area (Å²) in [6.07, 6.45) is 1.75. The van der Waals surface area contributed by atoms with Gasteiger partial charge in [-0.15, -0.1) is 0 Å². The second kappa shape index (κ2) is 4.42. The van der Waals surface area contributed by atoms with E-state index in [1.54, 1.807) is 6.20 Å².